The molecule has 2 N–H and O–H groups in total. The number of benzene rings is 1. The maximum absolute atomic E-state index is 5.56. The van der Waals surface area contributed by atoms with Crippen molar-refractivity contribution in [2.45, 2.75) is 26.8 Å². The van der Waals surface area contributed by atoms with Crippen LogP contribution >= 0.6 is 0 Å². The maximum Gasteiger partial charge on any atom is 0.0489 e. The minimum atomic E-state index is 0.624. The molecule has 0 aliphatic heterocycles. The van der Waals surface area contributed by atoms with E-state index < -0.39 is 0 Å². The molecule has 0 spiro atoms. The molecule has 0 atom stereocenters. The number of rotatable bonds is 8. The summed E-state index contributed by atoms with van der Waals surface area (Å²) in [5, 5.41) is 4.78. The van der Waals surface area contributed by atoms with Crippen LogP contribution in [0.1, 0.15) is 25.8 Å². The summed E-state index contributed by atoms with van der Waals surface area (Å²) in [7, 11) is 0. The van der Waals surface area contributed by atoms with Gasteiger partial charge in [0.2, 0.25) is 0 Å². The Hall–Kier alpha value is -1.32. The highest BCUT2D eigenvalue weighted by molar-refractivity contribution is 5.82. The number of hydrogen-bond donors (Lipinski definition) is 2. The molecule has 1 heterocycles. The van der Waals surface area contributed by atoms with E-state index in [0.29, 0.717) is 5.92 Å². The molecule has 0 fully saturated rings. The van der Waals surface area contributed by atoms with E-state index in [9.17, 15) is 0 Å². The fraction of sp³-hybridized carbons (Fsp3) is 0.500. The van der Waals surface area contributed by atoms with Crippen LogP contribution in [0.5, 0.6) is 0 Å². The Kier molecular flexibility index (Phi) is 5.43. The van der Waals surface area contributed by atoms with Crippen molar-refractivity contribution in [3.05, 3.63) is 36.0 Å². The van der Waals surface area contributed by atoms with Gasteiger partial charge in [0.25, 0.3) is 0 Å². The van der Waals surface area contributed by atoms with Crippen LogP contribution < -0.4 is 5.32 Å². The summed E-state index contributed by atoms with van der Waals surface area (Å²) >= 11 is 0. The first-order chi connectivity index (χ1) is 9.27. The van der Waals surface area contributed by atoms with Crippen LogP contribution in [0.2, 0.25) is 0 Å². The second-order valence-electron chi connectivity index (χ2n) is 5.36. The smallest absolute Gasteiger partial charge is 0.0489 e. The quantitative estimate of drug-likeness (QED) is 0.714. The van der Waals surface area contributed by atoms with E-state index in [-0.39, 0.29) is 0 Å². The number of H-pyrrole nitrogens is 1. The summed E-state index contributed by atoms with van der Waals surface area (Å²) in [6, 6.07) is 8.41. The average Bonchev–Trinajstić information content (AvgIpc) is 2.81. The third-order valence-electron chi connectivity index (χ3n) is 3.08. The van der Waals surface area contributed by atoms with Gasteiger partial charge in [-0.3, -0.25) is 0 Å². The first-order valence-electron chi connectivity index (χ1n) is 7.11. The molecule has 0 bridgehead atoms. The Bertz CT molecular complexity index is 490. The Morgan fingerprint density at radius 1 is 1.26 bits per heavy atom. The molecular weight excluding hydrogens is 236 g/mol. The summed E-state index contributed by atoms with van der Waals surface area (Å²) < 4.78 is 5.56. The molecule has 0 saturated heterocycles. The van der Waals surface area contributed by atoms with Gasteiger partial charge >= 0.3 is 0 Å². The lowest BCUT2D eigenvalue weighted by Gasteiger charge is -2.07. The second-order valence-corrected chi connectivity index (χ2v) is 5.36. The molecule has 0 aliphatic carbocycles. The number of aromatic amines is 1. The van der Waals surface area contributed by atoms with Gasteiger partial charge in [-0.1, -0.05) is 32.0 Å². The van der Waals surface area contributed by atoms with Gasteiger partial charge in [0, 0.05) is 36.9 Å². The maximum atomic E-state index is 5.56. The monoisotopic (exact) mass is 260 g/mol. The fourth-order valence-corrected chi connectivity index (χ4v) is 2.12. The zero-order chi connectivity index (χ0) is 13.5. The van der Waals surface area contributed by atoms with Crippen molar-refractivity contribution in [1.82, 2.24) is 10.3 Å². The molecule has 1 aromatic heterocycles. The zero-order valence-electron chi connectivity index (χ0n) is 11.9. The highest BCUT2D eigenvalue weighted by Crippen LogP contribution is 2.17. The van der Waals surface area contributed by atoms with Crippen LogP contribution in [0.3, 0.4) is 0 Å². The molecule has 1 aromatic carbocycles. The van der Waals surface area contributed by atoms with Gasteiger partial charge in [-0.2, -0.15) is 0 Å². The second kappa shape index (κ2) is 7.31. The van der Waals surface area contributed by atoms with Crippen LogP contribution in [0.25, 0.3) is 10.9 Å². The van der Waals surface area contributed by atoms with Crippen molar-refractivity contribution in [2.24, 2.45) is 5.92 Å². The lowest BCUT2D eigenvalue weighted by atomic mass is 10.2. The standard InChI is InChI=1S/C16H24N2O/c1-13(2)12-19-9-5-8-17-10-14-11-18-16-7-4-3-6-15(14)16/h3-4,6-7,11,13,17-18H,5,8-10,12H2,1-2H3. The lowest BCUT2D eigenvalue weighted by molar-refractivity contribution is 0.108. The van der Waals surface area contributed by atoms with Crippen LogP contribution in [0.15, 0.2) is 30.5 Å². The third kappa shape index (κ3) is 4.37. The molecule has 3 heteroatoms. The van der Waals surface area contributed by atoms with Crippen molar-refractivity contribution in [1.29, 1.82) is 0 Å². The third-order valence-corrected chi connectivity index (χ3v) is 3.08. The number of fused-ring (bicyclic) bond motifs is 1. The lowest BCUT2D eigenvalue weighted by Crippen LogP contribution is -2.16. The highest BCUT2D eigenvalue weighted by atomic mass is 16.5. The van der Waals surface area contributed by atoms with Gasteiger partial charge in [0.05, 0.1) is 0 Å². The number of ether oxygens (including phenoxy) is 1. The van der Waals surface area contributed by atoms with E-state index in [1.165, 1.54) is 16.5 Å². The Morgan fingerprint density at radius 3 is 2.95 bits per heavy atom. The van der Waals surface area contributed by atoms with Gasteiger partial charge in [-0.15, -0.1) is 0 Å². The van der Waals surface area contributed by atoms with Crippen molar-refractivity contribution < 1.29 is 4.74 Å². The molecule has 0 aliphatic rings. The molecule has 2 rings (SSSR count). The van der Waals surface area contributed by atoms with Gasteiger partial charge in [-0.25, -0.2) is 0 Å². The van der Waals surface area contributed by atoms with Crippen molar-refractivity contribution in [3.63, 3.8) is 0 Å². The Morgan fingerprint density at radius 2 is 2.11 bits per heavy atom. The van der Waals surface area contributed by atoms with E-state index in [4.69, 9.17) is 4.74 Å². The normalized spacial score (nSPS) is 11.5. The fourth-order valence-electron chi connectivity index (χ4n) is 2.12. The van der Waals surface area contributed by atoms with Gasteiger partial charge in [0.1, 0.15) is 0 Å². The van der Waals surface area contributed by atoms with Crippen molar-refractivity contribution >= 4 is 10.9 Å². The number of aromatic nitrogens is 1. The molecule has 0 radical (unpaired) electrons. The van der Waals surface area contributed by atoms with E-state index in [1.807, 2.05) is 0 Å². The van der Waals surface area contributed by atoms with Crippen molar-refractivity contribution in [2.75, 3.05) is 19.8 Å². The largest absolute Gasteiger partial charge is 0.381 e. The number of hydrogen-bond acceptors (Lipinski definition) is 2. The minimum Gasteiger partial charge on any atom is -0.381 e. The molecule has 0 amide bonds. The van der Waals surface area contributed by atoms with Crippen LogP contribution in [-0.2, 0) is 11.3 Å². The van der Waals surface area contributed by atoms with E-state index in [1.54, 1.807) is 0 Å². The number of para-hydroxylation sites is 1. The van der Waals surface area contributed by atoms with E-state index >= 15 is 0 Å². The molecule has 3 nitrogen and oxygen atoms in total. The van der Waals surface area contributed by atoms with E-state index in [2.05, 4.69) is 54.6 Å². The van der Waals surface area contributed by atoms with Gasteiger partial charge in [-0.05, 0) is 30.5 Å². The summed E-state index contributed by atoms with van der Waals surface area (Å²) in [5.74, 6) is 0.624. The summed E-state index contributed by atoms with van der Waals surface area (Å²) in [6.45, 7) is 7.97. The minimum absolute atomic E-state index is 0.624. The first kappa shape index (κ1) is 14.1. The van der Waals surface area contributed by atoms with E-state index in [0.717, 1.165) is 32.7 Å². The predicted octanol–water partition coefficient (Wildman–Crippen LogP) is 3.32. The molecule has 19 heavy (non-hydrogen) atoms. The molecule has 2 aromatic rings. The summed E-state index contributed by atoms with van der Waals surface area (Å²) in [5.41, 5.74) is 2.54. The zero-order valence-corrected chi connectivity index (χ0v) is 11.9. The topological polar surface area (TPSA) is 37.0 Å². The summed E-state index contributed by atoms with van der Waals surface area (Å²) in [6.07, 6.45) is 3.15. The Balaban J connectivity index is 1.66. The SMILES string of the molecule is CC(C)COCCCNCc1c[nH]c2ccccc12. The van der Waals surface area contributed by atoms with Crippen LogP contribution in [-0.4, -0.2) is 24.7 Å². The predicted molar refractivity (Wildman–Crippen MR) is 80.3 cm³/mol. The molecule has 0 saturated carbocycles. The molecular formula is C16H24N2O. The van der Waals surface area contributed by atoms with Crippen LogP contribution in [0.4, 0.5) is 0 Å². The van der Waals surface area contributed by atoms with Gasteiger partial charge in [0.15, 0.2) is 0 Å². The Labute approximate surface area is 115 Å². The first-order valence-corrected chi connectivity index (χ1v) is 7.11. The molecule has 0 unspecified atom stereocenters. The highest BCUT2D eigenvalue weighted by Gasteiger charge is 2.01. The van der Waals surface area contributed by atoms with Gasteiger partial charge < -0.3 is 15.0 Å². The van der Waals surface area contributed by atoms with Crippen LogP contribution in [0, 0.1) is 5.92 Å². The number of nitrogens with one attached hydrogen (secondary N) is 2. The summed E-state index contributed by atoms with van der Waals surface area (Å²) in [4.78, 5) is 3.30. The average molecular weight is 260 g/mol. The van der Waals surface area contributed by atoms with Crippen molar-refractivity contribution in [3.8, 4) is 0 Å². The molecule has 104 valence electrons.